The van der Waals surface area contributed by atoms with E-state index in [-0.39, 0.29) is 29.1 Å². The number of rotatable bonds is 19. The number of unbranched alkanes of at least 4 members (excludes halogenated alkanes) is 11. The van der Waals surface area contributed by atoms with E-state index in [2.05, 4.69) is 47.7 Å². The maximum Gasteiger partial charge on any atom is 0.313 e. The van der Waals surface area contributed by atoms with E-state index in [4.69, 9.17) is 9.16 Å². The Hall–Kier alpha value is -0.353. The molecule has 3 nitrogen and oxygen atoms in total. The van der Waals surface area contributed by atoms with Crippen molar-refractivity contribution in [2.45, 2.75) is 168 Å². The summed E-state index contributed by atoms with van der Waals surface area (Å²) in [6, 6.07) is 0. The van der Waals surface area contributed by atoms with Crippen molar-refractivity contribution in [3.8, 4) is 0 Å². The monoisotopic (exact) mass is 468 g/mol. The molecule has 1 aliphatic heterocycles. The van der Waals surface area contributed by atoms with Crippen LogP contribution in [-0.2, 0) is 14.0 Å². The van der Waals surface area contributed by atoms with E-state index in [1.54, 1.807) is 0 Å². The molecule has 0 aromatic carbocycles. The molecule has 1 saturated heterocycles. The summed E-state index contributed by atoms with van der Waals surface area (Å²) in [5.74, 6) is 0.145. The molecule has 1 aliphatic rings. The Kier molecular flexibility index (Phi) is 14.4. The summed E-state index contributed by atoms with van der Waals surface area (Å²) < 4.78 is 12.5. The second kappa shape index (κ2) is 15.5. The molecule has 0 aliphatic carbocycles. The van der Waals surface area contributed by atoms with E-state index < -0.39 is 8.32 Å². The molecule has 1 heterocycles. The van der Waals surface area contributed by atoms with Gasteiger partial charge in [-0.3, -0.25) is 4.79 Å². The van der Waals surface area contributed by atoms with Crippen LogP contribution in [0, 0.1) is 5.92 Å². The SMILES string of the molecule is CCCCCCCCC[C@@H](C[C@@H]1OC(=O)[C@@H]1CCCCCCCC)O[Si](C)(C)C(C)(C)C. The topological polar surface area (TPSA) is 35.5 Å². The quantitative estimate of drug-likeness (QED) is 0.108. The van der Waals surface area contributed by atoms with E-state index in [1.165, 1.54) is 77.0 Å². The number of ether oxygens (including phenoxy) is 1. The van der Waals surface area contributed by atoms with Crippen molar-refractivity contribution in [1.82, 2.24) is 0 Å². The van der Waals surface area contributed by atoms with Crippen LogP contribution < -0.4 is 0 Å². The first-order valence-electron chi connectivity index (χ1n) is 14.0. The smallest absolute Gasteiger partial charge is 0.313 e. The van der Waals surface area contributed by atoms with Crippen LogP contribution in [0.15, 0.2) is 0 Å². The van der Waals surface area contributed by atoms with Crippen LogP contribution >= 0.6 is 0 Å². The summed E-state index contributed by atoms with van der Waals surface area (Å²) in [6.07, 6.45) is 20.3. The maximum absolute atomic E-state index is 12.2. The zero-order valence-corrected chi connectivity index (χ0v) is 23.8. The lowest BCUT2D eigenvalue weighted by molar-refractivity contribution is -0.188. The van der Waals surface area contributed by atoms with Crippen LogP contribution in [0.25, 0.3) is 0 Å². The van der Waals surface area contributed by atoms with Crippen molar-refractivity contribution >= 4 is 14.3 Å². The molecule has 32 heavy (non-hydrogen) atoms. The fourth-order valence-corrected chi connectivity index (χ4v) is 5.87. The first kappa shape index (κ1) is 29.7. The van der Waals surface area contributed by atoms with Crippen molar-refractivity contribution in [3.05, 3.63) is 0 Å². The average Bonchev–Trinajstić information content (AvgIpc) is 2.70. The summed E-state index contributed by atoms with van der Waals surface area (Å²) in [7, 11) is -1.83. The summed E-state index contributed by atoms with van der Waals surface area (Å²) in [5, 5.41) is 0.208. The number of esters is 1. The Balaban J connectivity index is 2.53. The van der Waals surface area contributed by atoms with E-state index in [1.807, 2.05) is 0 Å². The number of carbonyl (C=O) groups is 1. The molecule has 0 spiro atoms. The number of hydrogen-bond donors (Lipinski definition) is 0. The van der Waals surface area contributed by atoms with Gasteiger partial charge in [0.15, 0.2) is 8.32 Å². The second-order valence-corrected chi connectivity index (χ2v) is 16.5. The molecule has 4 heteroatoms. The standard InChI is InChI=1S/C28H56O3Si/c1-8-10-12-14-16-17-19-21-24(31-32(6,7)28(3,4)5)23-26-25(27(29)30-26)22-20-18-15-13-11-9-2/h24-26H,8-23H2,1-7H3/t24-,25+,26-/m0/s1. The molecule has 1 rings (SSSR count). The van der Waals surface area contributed by atoms with Gasteiger partial charge in [-0.15, -0.1) is 0 Å². The largest absolute Gasteiger partial charge is 0.461 e. The van der Waals surface area contributed by atoms with Crippen molar-refractivity contribution in [2.75, 3.05) is 0 Å². The van der Waals surface area contributed by atoms with Gasteiger partial charge in [0.25, 0.3) is 0 Å². The van der Waals surface area contributed by atoms with Gasteiger partial charge in [-0.1, -0.05) is 118 Å². The van der Waals surface area contributed by atoms with Crippen molar-refractivity contribution in [2.24, 2.45) is 5.92 Å². The van der Waals surface area contributed by atoms with Crippen LogP contribution in [0.3, 0.4) is 0 Å². The van der Waals surface area contributed by atoms with E-state index in [0.29, 0.717) is 0 Å². The minimum atomic E-state index is -1.83. The zero-order chi connectivity index (χ0) is 24.0. The third kappa shape index (κ3) is 11.2. The highest BCUT2D eigenvalue weighted by Crippen LogP contribution is 2.40. The highest BCUT2D eigenvalue weighted by Gasteiger charge is 2.45. The Labute approximate surface area is 201 Å². The van der Waals surface area contributed by atoms with Crippen molar-refractivity contribution in [3.63, 3.8) is 0 Å². The van der Waals surface area contributed by atoms with Crippen LogP contribution in [0.4, 0.5) is 0 Å². The molecule has 0 unspecified atom stereocenters. The Morgan fingerprint density at radius 2 is 1.34 bits per heavy atom. The minimum absolute atomic E-state index is 0.0329. The second-order valence-electron chi connectivity index (χ2n) is 11.8. The van der Waals surface area contributed by atoms with Crippen LogP contribution in [0.2, 0.25) is 18.1 Å². The molecule has 0 amide bonds. The summed E-state index contributed by atoms with van der Waals surface area (Å²) >= 11 is 0. The van der Waals surface area contributed by atoms with Gasteiger partial charge in [-0.25, -0.2) is 0 Å². The van der Waals surface area contributed by atoms with Crippen LogP contribution in [0.5, 0.6) is 0 Å². The molecule has 0 bridgehead atoms. The molecule has 190 valence electrons. The summed E-state index contributed by atoms with van der Waals surface area (Å²) in [5.41, 5.74) is 0. The Bertz CT molecular complexity index is 497. The van der Waals surface area contributed by atoms with Gasteiger partial charge in [0.2, 0.25) is 0 Å². The maximum atomic E-state index is 12.2. The first-order valence-corrected chi connectivity index (χ1v) is 16.9. The van der Waals surface area contributed by atoms with Gasteiger partial charge in [-0.05, 0) is 31.0 Å². The van der Waals surface area contributed by atoms with Crippen molar-refractivity contribution in [1.29, 1.82) is 0 Å². The van der Waals surface area contributed by atoms with Gasteiger partial charge in [-0.2, -0.15) is 0 Å². The van der Waals surface area contributed by atoms with Crippen LogP contribution in [-0.4, -0.2) is 26.5 Å². The molecule has 0 saturated carbocycles. The van der Waals surface area contributed by atoms with E-state index in [0.717, 1.165) is 25.7 Å². The van der Waals surface area contributed by atoms with Crippen molar-refractivity contribution < 1.29 is 14.0 Å². The fraction of sp³-hybridized carbons (Fsp3) is 0.964. The number of carbonyl (C=O) groups excluding carboxylic acids is 1. The molecule has 3 atom stereocenters. The molecular weight excluding hydrogens is 412 g/mol. The highest BCUT2D eigenvalue weighted by atomic mass is 28.4. The Morgan fingerprint density at radius 1 is 0.844 bits per heavy atom. The molecular formula is C28H56O3Si. The normalized spacial score (nSPS) is 20.2. The molecule has 0 aromatic rings. The number of hydrogen-bond acceptors (Lipinski definition) is 3. The highest BCUT2D eigenvalue weighted by molar-refractivity contribution is 6.74. The lowest BCUT2D eigenvalue weighted by Gasteiger charge is -2.42. The van der Waals surface area contributed by atoms with Gasteiger partial charge >= 0.3 is 5.97 Å². The van der Waals surface area contributed by atoms with Gasteiger partial charge in [0.05, 0.1) is 5.92 Å². The lowest BCUT2D eigenvalue weighted by Crippen LogP contribution is -2.49. The molecule has 0 aromatic heterocycles. The summed E-state index contributed by atoms with van der Waals surface area (Å²) in [4.78, 5) is 12.2. The summed E-state index contributed by atoms with van der Waals surface area (Å²) in [6.45, 7) is 16.2. The van der Waals surface area contributed by atoms with Crippen LogP contribution in [0.1, 0.15) is 137 Å². The molecule has 1 fully saturated rings. The fourth-order valence-electron chi connectivity index (χ4n) is 4.47. The lowest BCUT2D eigenvalue weighted by atomic mass is 9.86. The minimum Gasteiger partial charge on any atom is -0.461 e. The predicted octanol–water partition coefficient (Wildman–Crippen LogP) is 9.20. The van der Waals surface area contributed by atoms with Gasteiger partial charge in [0.1, 0.15) is 6.10 Å². The zero-order valence-electron chi connectivity index (χ0n) is 22.8. The molecule has 0 radical (unpaired) electrons. The third-order valence-electron chi connectivity index (χ3n) is 7.78. The average molecular weight is 469 g/mol. The number of cyclic esters (lactones) is 1. The first-order chi connectivity index (χ1) is 15.1. The van der Waals surface area contributed by atoms with Gasteiger partial charge < -0.3 is 9.16 Å². The Morgan fingerprint density at radius 3 is 1.84 bits per heavy atom. The van der Waals surface area contributed by atoms with Gasteiger partial charge in [0, 0.05) is 12.5 Å². The third-order valence-corrected chi connectivity index (χ3v) is 12.3. The predicted molar refractivity (Wildman–Crippen MR) is 141 cm³/mol. The van der Waals surface area contributed by atoms with E-state index in [9.17, 15) is 4.79 Å². The molecule has 0 N–H and O–H groups in total. The van der Waals surface area contributed by atoms with E-state index >= 15 is 0 Å².